The number of nitro benzene ring substituents is 1. The van der Waals surface area contributed by atoms with E-state index in [0.29, 0.717) is 12.4 Å². The van der Waals surface area contributed by atoms with Crippen molar-refractivity contribution in [2.45, 2.75) is 32.0 Å². The molecule has 1 amide bonds. The number of para-hydroxylation sites is 2. The van der Waals surface area contributed by atoms with Gasteiger partial charge < -0.3 is 19.5 Å². The monoisotopic (exact) mass is 414 g/mol. The summed E-state index contributed by atoms with van der Waals surface area (Å²) >= 11 is 0. The van der Waals surface area contributed by atoms with Gasteiger partial charge in [0.25, 0.3) is 11.6 Å². The zero-order chi connectivity index (χ0) is 21.5. The van der Waals surface area contributed by atoms with Gasteiger partial charge >= 0.3 is 5.97 Å². The van der Waals surface area contributed by atoms with Crippen LogP contribution in [0.4, 0.5) is 11.4 Å². The molecule has 0 aliphatic carbocycles. The molecule has 0 aromatic heterocycles. The fourth-order valence-corrected chi connectivity index (χ4v) is 2.91. The Bertz CT molecular complexity index is 908. The number of benzene rings is 2. The number of rotatable bonds is 8. The maximum absolute atomic E-state index is 12.3. The van der Waals surface area contributed by atoms with E-state index >= 15 is 0 Å². The molecule has 2 atom stereocenters. The van der Waals surface area contributed by atoms with Crippen LogP contribution in [0.2, 0.25) is 0 Å². The molecular weight excluding hydrogens is 392 g/mol. The number of carbonyl (C=O) groups is 2. The van der Waals surface area contributed by atoms with E-state index in [2.05, 4.69) is 5.32 Å². The van der Waals surface area contributed by atoms with E-state index in [1.165, 1.54) is 25.1 Å². The molecule has 1 heterocycles. The number of esters is 1. The van der Waals surface area contributed by atoms with Crippen molar-refractivity contribution in [3.8, 4) is 5.75 Å². The minimum Gasteiger partial charge on any atom is -0.491 e. The van der Waals surface area contributed by atoms with Crippen molar-refractivity contribution in [3.05, 3.63) is 64.2 Å². The lowest BCUT2D eigenvalue weighted by Gasteiger charge is -2.14. The highest BCUT2D eigenvalue weighted by Crippen LogP contribution is 2.23. The van der Waals surface area contributed by atoms with Crippen LogP contribution in [0.25, 0.3) is 0 Å². The van der Waals surface area contributed by atoms with Crippen molar-refractivity contribution < 1.29 is 28.7 Å². The number of hydrogen-bond acceptors (Lipinski definition) is 7. The molecular formula is C21H22N2O7. The van der Waals surface area contributed by atoms with Crippen molar-refractivity contribution >= 4 is 23.3 Å². The lowest BCUT2D eigenvalue weighted by Crippen LogP contribution is -2.30. The summed E-state index contributed by atoms with van der Waals surface area (Å²) in [5.74, 6) is -0.760. The minimum atomic E-state index is -1.15. The normalized spacial score (nSPS) is 16.5. The Kier molecular flexibility index (Phi) is 6.97. The molecule has 0 saturated carbocycles. The Labute approximate surface area is 173 Å². The topological polar surface area (TPSA) is 117 Å². The van der Waals surface area contributed by atoms with E-state index in [0.717, 1.165) is 19.4 Å². The van der Waals surface area contributed by atoms with Gasteiger partial charge in [0, 0.05) is 12.7 Å². The number of hydrogen-bond donors (Lipinski definition) is 1. The highest BCUT2D eigenvalue weighted by atomic mass is 16.6. The summed E-state index contributed by atoms with van der Waals surface area (Å²) in [7, 11) is 0. The molecule has 1 aliphatic rings. The third kappa shape index (κ3) is 5.54. The summed E-state index contributed by atoms with van der Waals surface area (Å²) in [6.45, 7) is 2.59. The lowest BCUT2D eigenvalue weighted by molar-refractivity contribution is -0.383. The number of carbonyl (C=O) groups excluding carboxylic acids is 2. The highest BCUT2D eigenvalue weighted by molar-refractivity contribution is 5.98. The first-order chi connectivity index (χ1) is 14.4. The first-order valence-electron chi connectivity index (χ1n) is 9.54. The third-order valence-corrected chi connectivity index (χ3v) is 4.56. The predicted molar refractivity (Wildman–Crippen MR) is 108 cm³/mol. The lowest BCUT2D eigenvalue weighted by atomic mass is 10.2. The van der Waals surface area contributed by atoms with E-state index in [9.17, 15) is 19.7 Å². The van der Waals surface area contributed by atoms with Crippen molar-refractivity contribution in [2.24, 2.45) is 0 Å². The average molecular weight is 414 g/mol. The molecule has 0 unspecified atom stereocenters. The summed E-state index contributed by atoms with van der Waals surface area (Å²) in [6.07, 6.45) is 0.945. The van der Waals surface area contributed by atoms with Gasteiger partial charge in [-0.1, -0.05) is 12.1 Å². The van der Waals surface area contributed by atoms with Crippen LogP contribution in [0.15, 0.2) is 48.5 Å². The van der Waals surface area contributed by atoms with E-state index < -0.39 is 22.9 Å². The number of amides is 1. The molecule has 2 aromatic carbocycles. The fourth-order valence-electron chi connectivity index (χ4n) is 2.91. The van der Waals surface area contributed by atoms with E-state index in [1.54, 1.807) is 30.3 Å². The number of nitro groups is 1. The van der Waals surface area contributed by atoms with E-state index in [-0.39, 0.29) is 23.0 Å². The van der Waals surface area contributed by atoms with Crippen molar-refractivity contribution in [3.63, 3.8) is 0 Å². The van der Waals surface area contributed by atoms with Crippen LogP contribution in [-0.2, 0) is 14.3 Å². The first kappa shape index (κ1) is 21.3. The van der Waals surface area contributed by atoms with E-state index in [4.69, 9.17) is 14.2 Å². The molecule has 1 saturated heterocycles. The zero-order valence-corrected chi connectivity index (χ0v) is 16.4. The maximum atomic E-state index is 12.3. The second kappa shape index (κ2) is 9.84. The molecule has 0 spiro atoms. The fraction of sp³-hybridized carbons (Fsp3) is 0.333. The number of nitrogens with one attached hydrogen (secondary N) is 1. The van der Waals surface area contributed by atoms with E-state index in [1.807, 2.05) is 0 Å². The molecule has 1 N–H and O–H groups in total. The minimum absolute atomic E-state index is 0.0307. The van der Waals surface area contributed by atoms with Gasteiger partial charge in [0.15, 0.2) is 6.10 Å². The molecule has 0 bridgehead atoms. The Morgan fingerprint density at radius 2 is 1.97 bits per heavy atom. The van der Waals surface area contributed by atoms with Crippen molar-refractivity contribution in [2.75, 3.05) is 18.5 Å². The maximum Gasteiger partial charge on any atom is 0.338 e. The van der Waals surface area contributed by atoms with Crippen LogP contribution in [0.3, 0.4) is 0 Å². The second-order valence-corrected chi connectivity index (χ2v) is 6.78. The summed E-state index contributed by atoms with van der Waals surface area (Å²) in [4.78, 5) is 35.0. The summed E-state index contributed by atoms with van der Waals surface area (Å²) in [5, 5.41) is 13.4. The molecule has 1 aliphatic heterocycles. The third-order valence-electron chi connectivity index (χ3n) is 4.56. The molecule has 158 valence electrons. The number of nitrogens with zero attached hydrogens (tertiary/aromatic N) is 1. The van der Waals surface area contributed by atoms with Crippen LogP contribution >= 0.6 is 0 Å². The average Bonchev–Trinajstić information content (AvgIpc) is 3.26. The molecule has 0 radical (unpaired) electrons. The van der Waals surface area contributed by atoms with Gasteiger partial charge in [-0.3, -0.25) is 14.9 Å². The summed E-state index contributed by atoms with van der Waals surface area (Å²) in [6, 6.07) is 12.1. The smallest absolute Gasteiger partial charge is 0.338 e. The molecule has 30 heavy (non-hydrogen) atoms. The Morgan fingerprint density at radius 3 is 2.63 bits per heavy atom. The highest BCUT2D eigenvalue weighted by Gasteiger charge is 2.22. The summed E-state index contributed by atoms with van der Waals surface area (Å²) < 4.78 is 16.3. The molecule has 3 rings (SSSR count). The van der Waals surface area contributed by atoms with Crippen molar-refractivity contribution in [1.82, 2.24) is 0 Å². The van der Waals surface area contributed by atoms with Crippen LogP contribution in [-0.4, -0.2) is 42.2 Å². The van der Waals surface area contributed by atoms with Gasteiger partial charge in [-0.25, -0.2) is 4.79 Å². The van der Waals surface area contributed by atoms with Crippen LogP contribution in [0.1, 0.15) is 30.1 Å². The van der Waals surface area contributed by atoms with Gasteiger partial charge in [-0.2, -0.15) is 0 Å². The molecule has 1 fully saturated rings. The SMILES string of the molecule is C[C@@H](OC(=O)c1ccc(OC[C@H]2CCCO2)cc1)C(=O)Nc1ccccc1[N+](=O)[O-]. The van der Waals surface area contributed by atoms with Gasteiger partial charge in [-0.05, 0) is 50.1 Å². The molecule has 2 aromatic rings. The molecule has 9 heteroatoms. The van der Waals surface area contributed by atoms with Gasteiger partial charge in [0.2, 0.25) is 0 Å². The standard InChI is InChI=1S/C21H22N2O7/c1-14(20(24)22-18-6-2-3-7-19(18)23(26)27)30-21(25)15-8-10-16(11-9-15)29-13-17-5-4-12-28-17/h2-3,6-11,14,17H,4-5,12-13H2,1H3,(H,22,24)/t14-,17-/m1/s1. The Hall–Kier alpha value is -3.46. The van der Waals surface area contributed by atoms with Crippen LogP contribution in [0, 0.1) is 10.1 Å². The first-order valence-corrected chi connectivity index (χ1v) is 9.54. The van der Waals surface area contributed by atoms with Gasteiger partial charge in [-0.15, -0.1) is 0 Å². The predicted octanol–water partition coefficient (Wildman–Crippen LogP) is 3.34. The van der Waals surface area contributed by atoms with Gasteiger partial charge in [0.05, 0.1) is 16.6 Å². The number of ether oxygens (including phenoxy) is 3. The second-order valence-electron chi connectivity index (χ2n) is 6.78. The molecule has 9 nitrogen and oxygen atoms in total. The zero-order valence-electron chi connectivity index (χ0n) is 16.4. The largest absolute Gasteiger partial charge is 0.491 e. The van der Waals surface area contributed by atoms with Crippen LogP contribution in [0.5, 0.6) is 5.75 Å². The van der Waals surface area contributed by atoms with Crippen molar-refractivity contribution in [1.29, 1.82) is 0 Å². The Balaban J connectivity index is 1.53. The Morgan fingerprint density at radius 1 is 1.23 bits per heavy atom. The van der Waals surface area contributed by atoms with Gasteiger partial charge in [0.1, 0.15) is 18.0 Å². The summed E-state index contributed by atoms with van der Waals surface area (Å²) in [5.41, 5.74) is 0.0379. The quantitative estimate of drug-likeness (QED) is 0.400. The van der Waals surface area contributed by atoms with Crippen LogP contribution < -0.4 is 10.1 Å². The number of anilines is 1.